The van der Waals surface area contributed by atoms with Gasteiger partial charge in [0.2, 0.25) is 0 Å². The Balaban J connectivity index is 2.24. The molecule has 2 N–H and O–H groups in total. The van der Waals surface area contributed by atoms with Crippen molar-refractivity contribution in [3.05, 3.63) is 22.4 Å². The van der Waals surface area contributed by atoms with Crippen molar-refractivity contribution in [2.45, 2.75) is 39.3 Å². The van der Waals surface area contributed by atoms with E-state index in [9.17, 15) is 5.11 Å². The van der Waals surface area contributed by atoms with Crippen molar-refractivity contribution in [1.29, 1.82) is 0 Å². The number of thiophene rings is 1. The van der Waals surface area contributed by atoms with Crippen molar-refractivity contribution in [2.75, 3.05) is 6.54 Å². The summed E-state index contributed by atoms with van der Waals surface area (Å²) in [6, 6.07) is 4.16. The smallest absolute Gasteiger partial charge is 0.0746 e. The van der Waals surface area contributed by atoms with Gasteiger partial charge in [0.15, 0.2) is 0 Å². The summed E-state index contributed by atoms with van der Waals surface area (Å²) in [5.74, 6) is 0.531. The van der Waals surface area contributed by atoms with Crippen LogP contribution in [0.15, 0.2) is 17.5 Å². The lowest BCUT2D eigenvalue weighted by molar-refractivity contribution is 0.0384. The minimum Gasteiger partial charge on any atom is -0.389 e. The van der Waals surface area contributed by atoms with Crippen LogP contribution in [0.3, 0.4) is 0 Å². The van der Waals surface area contributed by atoms with Crippen LogP contribution in [0.1, 0.15) is 32.1 Å². The highest BCUT2D eigenvalue weighted by Crippen LogP contribution is 2.15. The molecule has 0 aromatic carbocycles. The maximum atomic E-state index is 10.1. The first-order chi connectivity index (χ1) is 6.99. The Kier molecular flexibility index (Phi) is 4.77. The summed E-state index contributed by atoms with van der Waals surface area (Å²) in [6.07, 6.45) is 0.838. The van der Waals surface area contributed by atoms with E-state index in [1.165, 1.54) is 4.88 Å². The topological polar surface area (TPSA) is 32.3 Å². The highest BCUT2D eigenvalue weighted by Gasteiger charge is 2.20. The second kappa shape index (κ2) is 5.64. The lowest BCUT2D eigenvalue weighted by atomic mass is 9.94. The summed E-state index contributed by atoms with van der Waals surface area (Å²) in [5.41, 5.74) is -0.592. The summed E-state index contributed by atoms with van der Waals surface area (Å²) in [6.45, 7) is 7.67. The number of rotatable bonds is 6. The van der Waals surface area contributed by atoms with E-state index in [1.807, 2.05) is 13.0 Å². The van der Waals surface area contributed by atoms with Gasteiger partial charge in [-0.3, -0.25) is 0 Å². The number of hydrogen-bond acceptors (Lipinski definition) is 3. The van der Waals surface area contributed by atoms with Gasteiger partial charge in [-0.1, -0.05) is 19.9 Å². The van der Waals surface area contributed by atoms with Crippen LogP contribution >= 0.6 is 11.3 Å². The number of hydrogen-bond donors (Lipinski definition) is 2. The average molecular weight is 227 g/mol. The second-order valence-corrected chi connectivity index (χ2v) is 5.81. The Bertz CT molecular complexity index is 267. The van der Waals surface area contributed by atoms with Crippen LogP contribution in [-0.2, 0) is 6.54 Å². The zero-order valence-corrected chi connectivity index (χ0v) is 10.6. The van der Waals surface area contributed by atoms with Gasteiger partial charge in [-0.25, -0.2) is 0 Å². The normalized spacial score (nSPS) is 15.5. The summed E-state index contributed by atoms with van der Waals surface area (Å²) in [4.78, 5) is 1.32. The molecule has 0 fully saturated rings. The minimum absolute atomic E-state index is 0.531. The largest absolute Gasteiger partial charge is 0.389 e. The third-order valence-electron chi connectivity index (χ3n) is 2.23. The molecule has 0 aliphatic carbocycles. The van der Waals surface area contributed by atoms with Crippen molar-refractivity contribution >= 4 is 11.3 Å². The molecule has 0 aliphatic rings. The molecule has 86 valence electrons. The summed E-state index contributed by atoms with van der Waals surface area (Å²) in [5, 5.41) is 15.4. The van der Waals surface area contributed by atoms with Crippen molar-refractivity contribution in [1.82, 2.24) is 5.32 Å². The molecular weight excluding hydrogens is 206 g/mol. The fourth-order valence-corrected chi connectivity index (χ4v) is 2.49. The van der Waals surface area contributed by atoms with Gasteiger partial charge < -0.3 is 10.4 Å². The highest BCUT2D eigenvalue weighted by atomic mass is 32.1. The summed E-state index contributed by atoms with van der Waals surface area (Å²) >= 11 is 1.74. The molecule has 0 aliphatic heterocycles. The molecule has 0 saturated carbocycles. The van der Waals surface area contributed by atoms with Gasteiger partial charge in [-0.05, 0) is 30.7 Å². The maximum absolute atomic E-state index is 10.1. The Morgan fingerprint density at radius 3 is 2.80 bits per heavy atom. The van der Waals surface area contributed by atoms with Crippen LogP contribution in [0.4, 0.5) is 0 Å². The van der Waals surface area contributed by atoms with Crippen LogP contribution < -0.4 is 5.32 Å². The molecule has 3 heteroatoms. The fraction of sp³-hybridized carbons (Fsp3) is 0.667. The standard InChI is InChI=1S/C12H21NOS/c1-10(2)7-12(3,14)9-13-8-11-5-4-6-15-11/h4-6,10,13-14H,7-9H2,1-3H3. The first-order valence-corrected chi connectivity index (χ1v) is 6.33. The lowest BCUT2D eigenvalue weighted by Gasteiger charge is -2.25. The molecule has 15 heavy (non-hydrogen) atoms. The van der Waals surface area contributed by atoms with Crippen LogP contribution in [0.2, 0.25) is 0 Å². The van der Waals surface area contributed by atoms with Crippen molar-refractivity contribution < 1.29 is 5.11 Å². The fourth-order valence-electron chi connectivity index (χ4n) is 1.82. The quantitative estimate of drug-likeness (QED) is 0.783. The molecule has 1 unspecified atom stereocenters. The average Bonchev–Trinajstić information content (AvgIpc) is 2.53. The number of nitrogens with one attached hydrogen (secondary N) is 1. The molecule has 0 spiro atoms. The molecule has 1 aromatic rings. The molecule has 1 heterocycles. The molecule has 0 radical (unpaired) electrons. The monoisotopic (exact) mass is 227 g/mol. The molecule has 0 bridgehead atoms. The van der Waals surface area contributed by atoms with Gasteiger partial charge in [-0.2, -0.15) is 0 Å². The maximum Gasteiger partial charge on any atom is 0.0746 e. The van der Waals surface area contributed by atoms with Gasteiger partial charge in [-0.15, -0.1) is 11.3 Å². The van der Waals surface area contributed by atoms with Crippen LogP contribution in [0.5, 0.6) is 0 Å². The van der Waals surface area contributed by atoms with Crippen LogP contribution in [0.25, 0.3) is 0 Å². The zero-order chi connectivity index (χ0) is 11.3. The lowest BCUT2D eigenvalue weighted by Crippen LogP contribution is -2.38. The molecule has 0 saturated heterocycles. The first-order valence-electron chi connectivity index (χ1n) is 5.45. The first kappa shape index (κ1) is 12.7. The molecule has 0 amide bonds. The minimum atomic E-state index is -0.592. The van der Waals surface area contributed by atoms with Crippen LogP contribution in [0, 0.1) is 5.92 Å². The van der Waals surface area contributed by atoms with E-state index in [4.69, 9.17) is 0 Å². The van der Waals surface area contributed by atoms with Crippen LogP contribution in [-0.4, -0.2) is 17.3 Å². The van der Waals surface area contributed by atoms with E-state index in [-0.39, 0.29) is 0 Å². The molecular formula is C12H21NOS. The Morgan fingerprint density at radius 2 is 2.27 bits per heavy atom. The highest BCUT2D eigenvalue weighted by molar-refractivity contribution is 7.09. The van der Waals surface area contributed by atoms with E-state index in [2.05, 4.69) is 30.6 Å². The third-order valence-corrected chi connectivity index (χ3v) is 3.11. The third kappa shape index (κ3) is 5.30. The van der Waals surface area contributed by atoms with Gasteiger partial charge in [0.25, 0.3) is 0 Å². The zero-order valence-electron chi connectivity index (χ0n) is 9.79. The molecule has 1 aromatic heterocycles. The Hall–Kier alpha value is -0.380. The van der Waals surface area contributed by atoms with Crippen molar-refractivity contribution in [2.24, 2.45) is 5.92 Å². The van der Waals surface area contributed by atoms with Gasteiger partial charge in [0, 0.05) is 18.0 Å². The van der Waals surface area contributed by atoms with E-state index < -0.39 is 5.60 Å². The molecule has 1 atom stereocenters. The summed E-state index contributed by atoms with van der Waals surface area (Å²) in [7, 11) is 0. The van der Waals surface area contributed by atoms with Crippen molar-refractivity contribution in [3.8, 4) is 0 Å². The Labute approximate surface area is 96.3 Å². The second-order valence-electron chi connectivity index (χ2n) is 4.78. The predicted molar refractivity (Wildman–Crippen MR) is 66.1 cm³/mol. The SMILES string of the molecule is CC(C)CC(C)(O)CNCc1cccs1. The van der Waals surface area contributed by atoms with E-state index in [1.54, 1.807) is 11.3 Å². The van der Waals surface area contributed by atoms with Gasteiger partial charge in [0.05, 0.1) is 5.60 Å². The van der Waals surface area contributed by atoms with Crippen molar-refractivity contribution in [3.63, 3.8) is 0 Å². The number of aliphatic hydroxyl groups is 1. The van der Waals surface area contributed by atoms with Gasteiger partial charge in [0.1, 0.15) is 0 Å². The van der Waals surface area contributed by atoms with E-state index in [0.717, 1.165) is 13.0 Å². The molecule has 2 nitrogen and oxygen atoms in total. The van der Waals surface area contributed by atoms with E-state index in [0.29, 0.717) is 12.5 Å². The van der Waals surface area contributed by atoms with Gasteiger partial charge >= 0.3 is 0 Å². The van der Waals surface area contributed by atoms with E-state index >= 15 is 0 Å². The molecule has 1 rings (SSSR count). The summed E-state index contributed by atoms with van der Waals surface area (Å²) < 4.78 is 0. The Morgan fingerprint density at radius 1 is 1.53 bits per heavy atom. The predicted octanol–water partition coefficient (Wildman–Crippen LogP) is 2.63.